The topological polar surface area (TPSA) is 55.6 Å². The minimum Gasteiger partial charge on any atom is -0.444 e. The first kappa shape index (κ1) is 15.8. The van der Waals surface area contributed by atoms with Crippen LogP contribution in [0.1, 0.15) is 38.7 Å². The second kappa shape index (κ2) is 6.02. The third-order valence-corrected chi connectivity index (χ3v) is 3.61. The molecule has 2 N–H and O–H groups in total. The van der Waals surface area contributed by atoms with E-state index >= 15 is 0 Å². The molecule has 0 unspecified atom stereocenters. The van der Waals surface area contributed by atoms with Gasteiger partial charge in [0.2, 0.25) is 0 Å². The number of amides is 1. The lowest BCUT2D eigenvalue weighted by Gasteiger charge is -2.37. The van der Waals surface area contributed by atoms with Crippen molar-refractivity contribution in [3.05, 3.63) is 35.6 Å². The van der Waals surface area contributed by atoms with Crippen molar-refractivity contribution in [1.29, 1.82) is 0 Å². The van der Waals surface area contributed by atoms with Crippen LogP contribution in [0.3, 0.4) is 0 Å². The molecule has 2 atom stereocenters. The van der Waals surface area contributed by atoms with Crippen LogP contribution in [0.4, 0.5) is 9.18 Å². The van der Waals surface area contributed by atoms with Gasteiger partial charge in [-0.3, -0.25) is 0 Å². The lowest BCUT2D eigenvalue weighted by atomic mass is 9.86. The molecule has 0 bridgehead atoms. The fraction of sp³-hybridized carbons (Fsp3) is 0.562. The molecule has 1 amide bonds. The van der Waals surface area contributed by atoms with E-state index in [0.717, 1.165) is 12.0 Å². The Morgan fingerprint density at radius 3 is 2.48 bits per heavy atom. The Bertz CT molecular complexity index is 496. The van der Waals surface area contributed by atoms with E-state index in [4.69, 9.17) is 10.5 Å². The maximum Gasteiger partial charge on any atom is 0.410 e. The Labute approximate surface area is 125 Å². The van der Waals surface area contributed by atoms with Crippen molar-refractivity contribution >= 4 is 6.09 Å². The molecule has 0 saturated carbocycles. The van der Waals surface area contributed by atoms with Crippen molar-refractivity contribution in [2.45, 2.75) is 44.8 Å². The minimum atomic E-state index is -0.505. The van der Waals surface area contributed by atoms with Crippen LogP contribution in [-0.4, -0.2) is 35.7 Å². The Balaban J connectivity index is 1.99. The summed E-state index contributed by atoms with van der Waals surface area (Å²) in [5.74, 6) is -0.109. The van der Waals surface area contributed by atoms with Crippen LogP contribution in [-0.2, 0) is 4.74 Å². The molecule has 1 aliphatic heterocycles. The summed E-state index contributed by atoms with van der Waals surface area (Å²) in [7, 11) is 0. The molecule has 0 aromatic heterocycles. The minimum absolute atomic E-state index is 0.143. The highest BCUT2D eigenvalue weighted by atomic mass is 19.1. The summed E-state index contributed by atoms with van der Waals surface area (Å²) in [6.07, 6.45) is 0.432. The van der Waals surface area contributed by atoms with E-state index in [9.17, 15) is 9.18 Å². The molecule has 1 aromatic rings. The molecule has 0 aliphatic carbocycles. The van der Waals surface area contributed by atoms with E-state index < -0.39 is 5.60 Å². The van der Waals surface area contributed by atoms with Gasteiger partial charge in [0.1, 0.15) is 11.4 Å². The summed E-state index contributed by atoms with van der Waals surface area (Å²) in [6.45, 7) is 6.59. The van der Waals surface area contributed by atoms with Crippen molar-refractivity contribution in [2.24, 2.45) is 5.73 Å². The molecule has 21 heavy (non-hydrogen) atoms. The summed E-state index contributed by atoms with van der Waals surface area (Å²) in [4.78, 5) is 13.7. The highest BCUT2D eigenvalue weighted by Crippen LogP contribution is 2.28. The van der Waals surface area contributed by atoms with Gasteiger partial charge < -0.3 is 15.4 Å². The average molecular weight is 294 g/mol. The largest absolute Gasteiger partial charge is 0.444 e. The number of halogens is 1. The van der Waals surface area contributed by atoms with Gasteiger partial charge in [0, 0.05) is 25.0 Å². The van der Waals surface area contributed by atoms with Gasteiger partial charge in [-0.15, -0.1) is 0 Å². The number of hydrogen-bond donors (Lipinski definition) is 1. The number of carbonyl (C=O) groups is 1. The van der Waals surface area contributed by atoms with Gasteiger partial charge in [0.05, 0.1) is 0 Å². The van der Waals surface area contributed by atoms with Crippen molar-refractivity contribution in [3.8, 4) is 0 Å². The molecule has 116 valence electrons. The first-order valence-corrected chi connectivity index (χ1v) is 7.25. The fourth-order valence-corrected chi connectivity index (χ4v) is 2.60. The summed E-state index contributed by atoms with van der Waals surface area (Å²) in [5, 5.41) is 0. The number of rotatable bonds is 1. The maximum absolute atomic E-state index is 13.0. The number of piperidine rings is 1. The molecule has 0 spiro atoms. The van der Waals surface area contributed by atoms with Gasteiger partial charge in [-0.1, -0.05) is 12.1 Å². The molecular weight excluding hydrogens is 271 g/mol. The molecule has 2 rings (SSSR count). The zero-order valence-corrected chi connectivity index (χ0v) is 12.8. The van der Waals surface area contributed by atoms with E-state index in [1.54, 1.807) is 17.0 Å². The van der Waals surface area contributed by atoms with E-state index in [1.165, 1.54) is 12.1 Å². The smallest absolute Gasteiger partial charge is 0.410 e. The number of ether oxygens (including phenoxy) is 1. The Morgan fingerprint density at radius 2 is 1.95 bits per heavy atom. The SMILES string of the molecule is CC(C)(C)OC(=O)N1CC[C@H](c2ccc(F)cc2)[C@@H](N)C1. The Hall–Kier alpha value is -1.62. The molecule has 5 heteroatoms. The zero-order chi connectivity index (χ0) is 15.6. The van der Waals surface area contributed by atoms with Gasteiger partial charge in [-0.25, -0.2) is 9.18 Å². The second-order valence-electron chi connectivity index (χ2n) is 6.54. The molecule has 1 aliphatic rings. The highest BCUT2D eigenvalue weighted by Gasteiger charge is 2.32. The molecule has 4 nitrogen and oxygen atoms in total. The third kappa shape index (κ3) is 4.17. The van der Waals surface area contributed by atoms with Crippen LogP contribution < -0.4 is 5.73 Å². The number of hydrogen-bond acceptors (Lipinski definition) is 3. The zero-order valence-electron chi connectivity index (χ0n) is 12.8. The average Bonchev–Trinajstić information content (AvgIpc) is 2.38. The number of nitrogens with zero attached hydrogens (tertiary/aromatic N) is 1. The quantitative estimate of drug-likeness (QED) is 0.866. The van der Waals surface area contributed by atoms with Crippen molar-refractivity contribution in [3.63, 3.8) is 0 Å². The predicted octanol–water partition coefficient (Wildman–Crippen LogP) is 2.88. The van der Waals surface area contributed by atoms with E-state index in [1.807, 2.05) is 20.8 Å². The summed E-state index contributed by atoms with van der Waals surface area (Å²) < 4.78 is 18.3. The van der Waals surface area contributed by atoms with E-state index in [0.29, 0.717) is 13.1 Å². The summed E-state index contributed by atoms with van der Waals surface area (Å²) in [5.41, 5.74) is 6.71. The fourth-order valence-electron chi connectivity index (χ4n) is 2.60. The van der Waals surface area contributed by atoms with Crippen molar-refractivity contribution < 1.29 is 13.9 Å². The molecule has 1 saturated heterocycles. The maximum atomic E-state index is 13.0. The van der Waals surface area contributed by atoms with Gasteiger partial charge in [0.25, 0.3) is 0 Å². The van der Waals surface area contributed by atoms with Gasteiger partial charge in [-0.05, 0) is 44.9 Å². The first-order chi connectivity index (χ1) is 9.76. The first-order valence-electron chi connectivity index (χ1n) is 7.25. The monoisotopic (exact) mass is 294 g/mol. The molecule has 1 aromatic carbocycles. The van der Waals surface area contributed by atoms with Gasteiger partial charge >= 0.3 is 6.09 Å². The summed E-state index contributed by atoms with van der Waals surface area (Å²) >= 11 is 0. The molecule has 1 fully saturated rings. The van der Waals surface area contributed by atoms with E-state index in [2.05, 4.69) is 0 Å². The summed E-state index contributed by atoms with van der Waals surface area (Å²) in [6, 6.07) is 6.26. The number of benzene rings is 1. The normalized spacial score (nSPS) is 23.0. The highest BCUT2D eigenvalue weighted by molar-refractivity contribution is 5.68. The second-order valence-corrected chi connectivity index (χ2v) is 6.54. The van der Waals surface area contributed by atoms with Crippen LogP contribution >= 0.6 is 0 Å². The number of nitrogens with two attached hydrogens (primary N) is 1. The van der Waals surface area contributed by atoms with Gasteiger partial charge in [0.15, 0.2) is 0 Å². The lowest BCUT2D eigenvalue weighted by Crippen LogP contribution is -2.50. The van der Waals surface area contributed by atoms with Crippen LogP contribution in [0.2, 0.25) is 0 Å². The van der Waals surface area contributed by atoms with Gasteiger partial charge in [-0.2, -0.15) is 0 Å². The van der Waals surface area contributed by atoms with Crippen LogP contribution in [0.15, 0.2) is 24.3 Å². The molecule has 1 heterocycles. The van der Waals surface area contributed by atoms with Crippen molar-refractivity contribution in [1.82, 2.24) is 4.90 Å². The van der Waals surface area contributed by atoms with E-state index in [-0.39, 0.29) is 23.9 Å². The Morgan fingerprint density at radius 1 is 1.33 bits per heavy atom. The number of carbonyl (C=O) groups excluding carboxylic acids is 1. The lowest BCUT2D eigenvalue weighted by molar-refractivity contribution is 0.0186. The van der Waals surface area contributed by atoms with Crippen molar-refractivity contribution in [2.75, 3.05) is 13.1 Å². The predicted molar refractivity (Wildman–Crippen MR) is 79.5 cm³/mol. The van der Waals surface area contributed by atoms with Crippen LogP contribution in [0.25, 0.3) is 0 Å². The Kier molecular flexibility index (Phi) is 4.52. The number of likely N-dealkylation sites (tertiary alicyclic amines) is 1. The third-order valence-electron chi connectivity index (χ3n) is 3.61. The van der Waals surface area contributed by atoms with Crippen LogP contribution in [0, 0.1) is 5.82 Å². The standard InChI is InChI=1S/C16H23FN2O2/c1-16(2,3)21-15(20)19-9-8-13(14(18)10-19)11-4-6-12(17)7-5-11/h4-7,13-14H,8-10,18H2,1-3H3/t13-,14+/m1/s1. The molecule has 0 radical (unpaired) electrons. The molecular formula is C16H23FN2O2. The van der Waals surface area contributed by atoms with Crippen LogP contribution in [0.5, 0.6) is 0 Å².